The fraction of sp³-hybridized carbons (Fsp3) is 0.345. The Balaban J connectivity index is 1.42. The van der Waals surface area contributed by atoms with Crippen molar-refractivity contribution in [1.29, 1.82) is 0 Å². The van der Waals surface area contributed by atoms with Crippen molar-refractivity contribution < 1.29 is 32.9 Å². The number of likely N-dealkylation sites (tertiary alicyclic amines) is 1. The van der Waals surface area contributed by atoms with E-state index in [1.807, 2.05) is 20.8 Å². The van der Waals surface area contributed by atoms with E-state index in [1.54, 1.807) is 53.6 Å². The summed E-state index contributed by atoms with van der Waals surface area (Å²) in [5.41, 5.74) is 0.499. The highest BCUT2D eigenvalue weighted by atomic mass is 19.1. The van der Waals surface area contributed by atoms with Crippen molar-refractivity contribution in [3.8, 4) is 23.1 Å². The summed E-state index contributed by atoms with van der Waals surface area (Å²) in [5, 5.41) is 0. The van der Waals surface area contributed by atoms with Gasteiger partial charge >= 0.3 is 12.1 Å². The van der Waals surface area contributed by atoms with Crippen molar-refractivity contribution in [3.05, 3.63) is 77.7 Å². The molecule has 3 aromatic rings. The van der Waals surface area contributed by atoms with Gasteiger partial charge in [-0.2, -0.15) is 0 Å². The number of carbonyl (C=O) groups excluding carboxylic acids is 2. The summed E-state index contributed by atoms with van der Waals surface area (Å²) in [6, 6.07) is 14.2. The molecule has 38 heavy (non-hydrogen) atoms. The molecule has 1 unspecified atom stereocenters. The Morgan fingerprint density at radius 3 is 2.39 bits per heavy atom. The quantitative estimate of drug-likeness (QED) is 0.332. The van der Waals surface area contributed by atoms with Crippen LogP contribution in [0.3, 0.4) is 0 Å². The van der Waals surface area contributed by atoms with Crippen molar-refractivity contribution >= 4 is 12.1 Å². The van der Waals surface area contributed by atoms with Gasteiger partial charge in [0.25, 0.3) is 0 Å². The Hall–Kier alpha value is -4.14. The third kappa shape index (κ3) is 7.21. The van der Waals surface area contributed by atoms with E-state index in [2.05, 4.69) is 4.98 Å². The molecule has 1 aromatic heterocycles. The number of rotatable bonds is 7. The van der Waals surface area contributed by atoms with Crippen LogP contribution in [0.2, 0.25) is 0 Å². The van der Waals surface area contributed by atoms with Gasteiger partial charge in [-0.3, -0.25) is 0 Å². The highest BCUT2D eigenvalue weighted by molar-refractivity contribution is 5.92. The first kappa shape index (κ1) is 26.9. The number of carbonyl (C=O) groups is 2. The van der Waals surface area contributed by atoms with E-state index in [1.165, 1.54) is 19.2 Å². The number of amides is 1. The van der Waals surface area contributed by atoms with Gasteiger partial charge in [-0.05, 0) is 87.6 Å². The van der Waals surface area contributed by atoms with Crippen LogP contribution in [0.1, 0.15) is 43.1 Å². The first-order chi connectivity index (χ1) is 18.1. The molecule has 9 heteroatoms. The Labute approximate surface area is 221 Å². The molecular weight excluding hydrogens is 491 g/mol. The molecule has 0 spiro atoms. The van der Waals surface area contributed by atoms with Crippen molar-refractivity contribution in [2.45, 2.75) is 39.2 Å². The van der Waals surface area contributed by atoms with Gasteiger partial charge in [0.1, 0.15) is 34.2 Å². The predicted octanol–water partition coefficient (Wildman–Crippen LogP) is 6.39. The van der Waals surface area contributed by atoms with Gasteiger partial charge in [0, 0.05) is 25.4 Å². The molecule has 0 bridgehead atoms. The van der Waals surface area contributed by atoms with Crippen molar-refractivity contribution in [1.82, 2.24) is 9.88 Å². The summed E-state index contributed by atoms with van der Waals surface area (Å²) in [6.45, 7) is 6.73. The van der Waals surface area contributed by atoms with E-state index in [0.29, 0.717) is 36.8 Å². The lowest BCUT2D eigenvalue weighted by Crippen LogP contribution is -2.35. The highest BCUT2D eigenvalue weighted by Crippen LogP contribution is 2.30. The lowest BCUT2D eigenvalue weighted by Gasteiger charge is -2.24. The maximum Gasteiger partial charge on any atom is 0.410 e. The van der Waals surface area contributed by atoms with Crippen LogP contribution in [0.5, 0.6) is 23.1 Å². The number of nitrogens with zero attached hydrogens (tertiary/aromatic N) is 2. The number of hydrogen-bond acceptors (Lipinski definition) is 7. The van der Waals surface area contributed by atoms with E-state index in [0.717, 1.165) is 12.0 Å². The second kappa shape index (κ2) is 11.5. The van der Waals surface area contributed by atoms with Crippen molar-refractivity contribution in [3.63, 3.8) is 0 Å². The zero-order chi connectivity index (χ0) is 27.3. The van der Waals surface area contributed by atoms with Crippen molar-refractivity contribution in [2.24, 2.45) is 5.92 Å². The molecule has 4 rings (SSSR count). The smallest absolute Gasteiger partial charge is 0.410 e. The van der Waals surface area contributed by atoms with Crippen LogP contribution in [0, 0.1) is 11.7 Å². The number of pyridine rings is 1. The number of hydrogen-bond donors (Lipinski definition) is 0. The molecule has 1 fully saturated rings. The number of aromatic nitrogens is 1. The lowest BCUT2D eigenvalue weighted by atomic mass is 9.99. The molecule has 2 aromatic carbocycles. The standard InChI is InChI=1S/C29H31FN2O6/c1-29(2,3)38-28(34)32-13-12-19(18-32)14-20-15-25(27(33)35-4)26(31-17-20)37-23-10-8-22(9-11-23)36-24-7-5-6-21(30)16-24/h5-11,15-17,19H,12-14,18H2,1-4H3. The van der Waals surface area contributed by atoms with Gasteiger partial charge in [-0.15, -0.1) is 0 Å². The summed E-state index contributed by atoms with van der Waals surface area (Å²) < 4.78 is 35.3. The molecule has 1 aliphatic rings. The summed E-state index contributed by atoms with van der Waals surface area (Å²) >= 11 is 0. The fourth-order valence-corrected chi connectivity index (χ4v) is 4.12. The molecule has 1 amide bonds. The van der Waals surface area contributed by atoms with Crippen LogP contribution in [0.4, 0.5) is 9.18 Å². The van der Waals surface area contributed by atoms with Gasteiger partial charge in [-0.25, -0.2) is 19.0 Å². The van der Waals surface area contributed by atoms with Gasteiger partial charge < -0.3 is 23.8 Å². The SMILES string of the molecule is COC(=O)c1cc(CC2CCN(C(=O)OC(C)(C)C)C2)cnc1Oc1ccc(Oc2cccc(F)c2)cc1. The zero-order valence-corrected chi connectivity index (χ0v) is 21.9. The first-order valence-corrected chi connectivity index (χ1v) is 12.4. The Bertz CT molecular complexity index is 1290. The number of esters is 1. The maximum atomic E-state index is 13.4. The summed E-state index contributed by atoms with van der Waals surface area (Å²) in [7, 11) is 1.30. The van der Waals surface area contributed by atoms with Crippen LogP contribution in [0.25, 0.3) is 0 Å². The molecule has 1 atom stereocenters. The average molecular weight is 523 g/mol. The van der Waals surface area contributed by atoms with Gasteiger partial charge in [0.15, 0.2) is 0 Å². The van der Waals surface area contributed by atoms with Crippen molar-refractivity contribution in [2.75, 3.05) is 20.2 Å². The van der Waals surface area contributed by atoms with Crippen LogP contribution in [-0.4, -0.2) is 47.7 Å². The van der Waals surface area contributed by atoms with E-state index in [4.69, 9.17) is 18.9 Å². The second-order valence-electron chi connectivity index (χ2n) is 10.1. The molecule has 0 N–H and O–H groups in total. The molecular formula is C29H31FN2O6. The van der Waals surface area contributed by atoms with Crippen LogP contribution < -0.4 is 9.47 Å². The van der Waals surface area contributed by atoms with Gasteiger partial charge in [0.05, 0.1) is 7.11 Å². The first-order valence-electron chi connectivity index (χ1n) is 12.4. The monoisotopic (exact) mass is 522 g/mol. The van der Waals surface area contributed by atoms with Gasteiger partial charge in [0.2, 0.25) is 5.88 Å². The Morgan fingerprint density at radius 1 is 1.03 bits per heavy atom. The van der Waals surface area contributed by atoms with E-state index in [9.17, 15) is 14.0 Å². The van der Waals surface area contributed by atoms with Crippen LogP contribution in [0.15, 0.2) is 60.8 Å². The number of benzene rings is 2. The molecule has 2 heterocycles. The number of methoxy groups -OCH3 is 1. The van der Waals surface area contributed by atoms with E-state index >= 15 is 0 Å². The Morgan fingerprint density at radius 2 is 1.74 bits per heavy atom. The van der Waals surface area contributed by atoms with Crippen LogP contribution >= 0.6 is 0 Å². The topological polar surface area (TPSA) is 87.2 Å². The van der Waals surface area contributed by atoms with E-state index < -0.39 is 11.6 Å². The van der Waals surface area contributed by atoms with Crippen LogP contribution in [-0.2, 0) is 15.9 Å². The summed E-state index contributed by atoms with van der Waals surface area (Å²) in [5.74, 6) is 0.679. The molecule has 0 saturated carbocycles. The second-order valence-corrected chi connectivity index (χ2v) is 10.1. The predicted molar refractivity (Wildman–Crippen MR) is 138 cm³/mol. The number of ether oxygens (including phenoxy) is 4. The third-order valence-electron chi connectivity index (χ3n) is 5.85. The Kier molecular flexibility index (Phi) is 8.14. The largest absolute Gasteiger partial charge is 0.465 e. The summed E-state index contributed by atoms with van der Waals surface area (Å²) in [4.78, 5) is 31.0. The zero-order valence-electron chi connectivity index (χ0n) is 21.9. The summed E-state index contributed by atoms with van der Waals surface area (Å²) in [6.07, 6.45) is 2.82. The lowest BCUT2D eigenvalue weighted by molar-refractivity contribution is 0.0288. The highest BCUT2D eigenvalue weighted by Gasteiger charge is 2.30. The third-order valence-corrected chi connectivity index (χ3v) is 5.85. The van der Waals surface area contributed by atoms with Gasteiger partial charge in [-0.1, -0.05) is 6.07 Å². The van der Waals surface area contributed by atoms with E-state index in [-0.39, 0.29) is 29.3 Å². The molecule has 1 saturated heterocycles. The molecule has 0 radical (unpaired) electrons. The number of halogens is 1. The molecule has 8 nitrogen and oxygen atoms in total. The molecule has 200 valence electrons. The molecule has 1 aliphatic heterocycles. The normalized spacial score (nSPS) is 15.2. The minimum atomic E-state index is -0.567. The minimum absolute atomic E-state index is 0.112. The molecule has 0 aliphatic carbocycles. The maximum absolute atomic E-state index is 13.4. The minimum Gasteiger partial charge on any atom is -0.465 e. The average Bonchev–Trinajstić information content (AvgIpc) is 3.33. The fourth-order valence-electron chi connectivity index (χ4n) is 4.12.